The maximum absolute atomic E-state index is 12.0. The van der Waals surface area contributed by atoms with E-state index in [1.807, 2.05) is 0 Å². The van der Waals surface area contributed by atoms with Gasteiger partial charge in [0.15, 0.2) is 0 Å². The number of rotatable bonds is 3. The van der Waals surface area contributed by atoms with Crippen molar-refractivity contribution in [1.29, 1.82) is 0 Å². The molecule has 0 amide bonds. The second-order valence-corrected chi connectivity index (χ2v) is 4.02. The van der Waals surface area contributed by atoms with Gasteiger partial charge in [0.1, 0.15) is 5.75 Å². The molecule has 0 bridgehead atoms. The van der Waals surface area contributed by atoms with Gasteiger partial charge in [-0.1, -0.05) is 12.1 Å². The van der Waals surface area contributed by atoms with E-state index >= 15 is 0 Å². The quantitative estimate of drug-likeness (QED) is 0.871. The SMILES string of the molecule is O=c1oc(/C=C/c2cccc(OC(F)(F)F)c2)ns1. The minimum Gasteiger partial charge on any atom is -0.406 e. The number of alkyl halides is 3. The number of aromatic nitrogens is 1. The van der Waals surface area contributed by atoms with Crippen molar-refractivity contribution in [3.05, 3.63) is 45.5 Å². The van der Waals surface area contributed by atoms with E-state index < -0.39 is 11.3 Å². The van der Waals surface area contributed by atoms with Crippen LogP contribution in [0.25, 0.3) is 12.2 Å². The van der Waals surface area contributed by atoms with Gasteiger partial charge in [-0.25, -0.2) is 4.79 Å². The van der Waals surface area contributed by atoms with Crippen LogP contribution in [0.1, 0.15) is 11.5 Å². The summed E-state index contributed by atoms with van der Waals surface area (Å²) in [4.78, 5) is 10.2. The number of hydrogen-bond acceptors (Lipinski definition) is 5. The van der Waals surface area contributed by atoms with Gasteiger partial charge in [0, 0.05) is 6.08 Å². The molecule has 0 spiro atoms. The monoisotopic (exact) mass is 289 g/mol. The molecule has 0 unspecified atom stereocenters. The first-order valence-corrected chi connectivity index (χ1v) is 5.70. The van der Waals surface area contributed by atoms with Crippen LogP contribution in [0.2, 0.25) is 0 Å². The van der Waals surface area contributed by atoms with Crippen molar-refractivity contribution < 1.29 is 22.3 Å². The first kappa shape index (κ1) is 13.3. The number of hydrogen-bond donors (Lipinski definition) is 0. The van der Waals surface area contributed by atoms with E-state index in [0.29, 0.717) is 17.1 Å². The van der Waals surface area contributed by atoms with Crippen LogP contribution in [0.15, 0.2) is 33.5 Å². The summed E-state index contributed by atoms with van der Waals surface area (Å²) in [6.07, 6.45) is -1.89. The summed E-state index contributed by atoms with van der Waals surface area (Å²) in [5.74, 6) is -0.230. The van der Waals surface area contributed by atoms with E-state index in [0.717, 1.165) is 0 Å². The van der Waals surface area contributed by atoms with Crippen LogP contribution in [0.5, 0.6) is 5.75 Å². The van der Waals surface area contributed by atoms with Crippen LogP contribution >= 0.6 is 11.5 Å². The van der Waals surface area contributed by atoms with E-state index in [-0.39, 0.29) is 11.6 Å². The molecule has 19 heavy (non-hydrogen) atoms. The van der Waals surface area contributed by atoms with Gasteiger partial charge >= 0.3 is 11.3 Å². The van der Waals surface area contributed by atoms with Crippen molar-refractivity contribution in [2.75, 3.05) is 0 Å². The zero-order valence-corrected chi connectivity index (χ0v) is 9.99. The van der Waals surface area contributed by atoms with E-state index in [2.05, 4.69) is 13.5 Å². The molecule has 1 aromatic heterocycles. The molecule has 1 heterocycles. The third-order valence-corrected chi connectivity index (χ3v) is 2.41. The summed E-state index contributed by atoms with van der Waals surface area (Å²) < 4.78 is 48.2. The standard InChI is InChI=1S/C11H6F3NO3S/c12-11(13,14)18-8-3-1-2-7(6-8)4-5-9-15-19-10(16)17-9/h1-6H/b5-4+. The average molecular weight is 289 g/mol. The molecule has 1 aromatic carbocycles. The average Bonchev–Trinajstić information content (AvgIpc) is 2.71. The summed E-state index contributed by atoms with van der Waals surface area (Å²) in [7, 11) is 0. The van der Waals surface area contributed by atoms with Crippen LogP contribution in [-0.4, -0.2) is 10.7 Å². The Labute approximate surface area is 108 Å². The highest BCUT2D eigenvalue weighted by molar-refractivity contribution is 7.02. The summed E-state index contributed by atoms with van der Waals surface area (Å²) in [6.45, 7) is 0. The molecule has 2 rings (SSSR count). The van der Waals surface area contributed by atoms with Gasteiger partial charge in [0.25, 0.3) is 0 Å². The number of nitrogens with zero attached hydrogens (tertiary/aromatic N) is 1. The molecular formula is C11H6F3NO3S. The smallest absolute Gasteiger partial charge is 0.406 e. The lowest BCUT2D eigenvalue weighted by atomic mass is 10.2. The zero-order valence-electron chi connectivity index (χ0n) is 9.18. The number of benzene rings is 1. The van der Waals surface area contributed by atoms with Crippen LogP contribution in [0.4, 0.5) is 13.2 Å². The summed E-state index contributed by atoms with van der Waals surface area (Å²) in [5.41, 5.74) is 0.456. The van der Waals surface area contributed by atoms with Gasteiger partial charge in [-0.2, -0.15) is 0 Å². The first-order valence-electron chi connectivity index (χ1n) is 4.93. The van der Waals surface area contributed by atoms with Crippen LogP contribution in [-0.2, 0) is 0 Å². The molecule has 8 heteroatoms. The van der Waals surface area contributed by atoms with Gasteiger partial charge in [-0.15, -0.1) is 17.5 Å². The third-order valence-electron chi connectivity index (χ3n) is 1.91. The highest BCUT2D eigenvalue weighted by atomic mass is 32.1. The van der Waals surface area contributed by atoms with E-state index in [1.54, 1.807) is 6.07 Å². The van der Waals surface area contributed by atoms with Crippen LogP contribution < -0.4 is 9.68 Å². The van der Waals surface area contributed by atoms with Crippen LogP contribution in [0, 0.1) is 0 Å². The molecule has 0 aliphatic heterocycles. The van der Waals surface area contributed by atoms with Crippen molar-refractivity contribution in [3.8, 4) is 5.75 Å². The number of ether oxygens (including phenoxy) is 1. The predicted molar refractivity (Wildman–Crippen MR) is 62.7 cm³/mol. The fourth-order valence-electron chi connectivity index (χ4n) is 1.25. The van der Waals surface area contributed by atoms with Crippen LogP contribution in [0.3, 0.4) is 0 Å². The van der Waals surface area contributed by atoms with Crippen molar-refractivity contribution in [2.24, 2.45) is 0 Å². The largest absolute Gasteiger partial charge is 0.573 e. The van der Waals surface area contributed by atoms with Gasteiger partial charge < -0.3 is 9.15 Å². The summed E-state index contributed by atoms with van der Waals surface area (Å²) in [6, 6.07) is 5.38. The van der Waals surface area contributed by atoms with Crippen molar-refractivity contribution in [1.82, 2.24) is 4.37 Å². The molecule has 0 aliphatic carbocycles. The van der Waals surface area contributed by atoms with Crippen molar-refractivity contribution >= 4 is 23.7 Å². The van der Waals surface area contributed by atoms with Crippen molar-refractivity contribution in [2.45, 2.75) is 6.36 Å². The lowest BCUT2D eigenvalue weighted by Gasteiger charge is -2.08. The number of halogens is 3. The summed E-state index contributed by atoms with van der Waals surface area (Å²) in [5, 5.41) is 0. The molecule has 0 fully saturated rings. The highest BCUT2D eigenvalue weighted by Crippen LogP contribution is 2.23. The molecular weight excluding hydrogens is 283 g/mol. The Hall–Kier alpha value is -2.09. The fraction of sp³-hybridized carbons (Fsp3) is 0.0909. The highest BCUT2D eigenvalue weighted by Gasteiger charge is 2.30. The maximum atomic E-state index is 12.0. The summed E-state index contributed by atoms with van der Waals surface area (Å²) >= 11 is 0.654. The molecule has 100 valence electrons. The molecule has 0 atom stereocenters. The topological polar surface area (TPSA) is 52.3 Å². The van der Waals surface area contributed by atoms with Gasteiger partial charge in [-0.3, -0.25) is 0 Å². The Balaban J connectivity index is 2.15. The molecule has 0 saturated heterocycles. The Morgan fingerprint density at radius 2 is 2.11 bits per heavy atom. The maximum Gasteiger partial charge on any atom is 0.573 e. The van der Waals surface area contributed by atoms with E-state index in [9.17, 15) is 18.0 Å². The van der Waals surface area contributed by atoms with E-state index in [4.69, 9.17) is 0 Å². The second-order valence-electron chi connectivity index (χ2n) is 3.33. The molecule has 0 aliphatic rings. The third kappa shape index (κ3) is 4.25. The fourth-order valence-corrected chi connectivity index (χ4v) is 1.64. The Kier molecular flexibility index (Phi) is 3.70. The van der Waals surface area contributed by atoms with Gasteiger partial charge in [0.2, 0.25) is 5.89 Å². The minimum atomic E-state index is -4.73. The predicted octanol–water partition coefficient (Wildman–Crippen LogP) is 3.17. The first-order chi connectivity index (χ1) is 8.92. The molecule has 4 nitrogen and oxygen atoms in total. The second kappa shape index (κ2) is 5.27. The Bertz CT molecular complexity index is 645. The molecule has 0 N–H and O–H groups in total. The lowest BCUT2D eigenvalue weighted by molar-refractivity contribution is -0.274. The van der Waals surface area contributed by atoms with Gasteiger partial charge in [0.05, 0.1) is 11.5 Å². The Morgan fingerprint density at radius 3 is 2.74 bits per heavy atom. The molecule has 0 saturated carbocycles. The zero-order chi connectivity index (χ0) is 13.9. The lowest BCUT2D eigenvalue weighted by Crippen LogP contribution is -2.17. The van der Waals surface area contributed by atoms with E-state index in [1.165, 1.54) is 30.4 Å². The minimum absolute atomic E-state index is 0.0946. The van der Waals surface area contributed by atoms with Crippen molar-refractivity contribution in [3.63, 3.8) is 0 Å². The van der Waals surface area contributed by atoms with Gasteiger partial charge in [-0.05, 0) is 23.8 Å². The normalized spacial score (nSPS) is 11.9. The Morgan fingerprint density at radius 1 is 1.32 bits per heavy atom. The molecule has 0 radical (unpaired) electrons. The molecule has 2 aromatic rings.